The molecular weight excluding hydrogens is 373 g/mol. The van der Waals surface area contributed by atoms with Gasteiger partial charge in [0, 0.05) is 0 Å². The van der Waals surface area contributed by atoms with Crippen LogP contribution in [0.1, 0.15) is 45.6 Å². The number of halogens is 3. The number of rotatable bonds is 12. The lowest BCUT2D eigenvalue weighted by Gasteiger charge is -2.33. The second-order valence-corrected chi connectivity index (χ2v) is 7.26. The van der Waals surface area contributed by atoms with Crippen LogP contribution in [0.2, 0.25) is 0 Å². The summed E-state index contributed by atoms with van der Waals surface area (Å²) in [5, 5.41) is 15.3. The quantitative estimate of drug-likeness (QED) is 0.370. The van der Waals surface area contributed by atoms with E-state index in [2.05, 4.69) is 17.6 Å². The second-order valence-electron chi connectivity index (χ2n) is 7.26. The first kappa shape index (κ1) is 24.4. The van der Waals surface area contributed by atoms with Crippen LogP contribution in [0.5, 0.6) is 0 Å². The minimum Gasteiger partial charge on any atom is -0.366 e. The van der Waals surface area contributed by atoms with Crippen molar-refractivity contribution in [1.82, 2.24) is 10.6 Å². The van der Waals surface area contributed by atoms with Crippen molar-refractivity contribution in [3.8, 4) is 0 Å². The number of hydrogen-bond acceptors (Lipinski definition) is 4. The minimum absolute atomic E-state index is 0.151. The van der Waals surface area contributed by atoms with E-state index >= 15 is 0 Å². The Kier molecular flexibility index (Phi) is 9.92. The Bertz CT molecular complexity index is 574. The van der Waals surface area contributed by atoms with E-state index in [-0.39, 0.29) is 6.42 Å². The molecule has 0 radical (unpaired) electrons. The smallest absolute Gasteiger partial charge is 0.366 e. The molecule has 2 atom stereocenters. The molecule has 0 saturated heterocycles. The van der Waals surface area contributed by atoms with Crippen molar-refractivity contribution in [3.63, 3.8) is 0 Å². The number of carbonyl (C=O) groups is 1. The number of alkyl halides is 3. The number of nitrogens with one attached hydrogen (secondary N) is 2. The van der Waals surface area contributed by atoms with Crippen molar-refractivity contribution >= 4 is 5.91 Å². The summed E-state index contributed by atoms with van der Waals surface area (Å²) in [5.74, 6) is -3.57. The van der Waals surface area contributed by atoms with Gasteiger partial charge in [0.1, 0.15) is 0 Å². The van der Waals surface area contributed by atoms with Gasteiger partial charge >= 0.3 is 12.1 Å². The number of hydrogen-bond donors (Lipinski definition) is 3. The van der Waals surface area contributed by atoms with Crippen LogP contribution in [-0.2, 0) is 16.0 Å². The molecule has 160 valence electrons. The van der Waals surface area contributed by atoms with Gasteiger partial charge in [-0.2, -0.15) is 13.2 Å². The van der Waals surface area contributed by atoms with E-state index in [0.717, 1.165) is 24.9 Å². The molecule has 0 spiro atoms. The van der Waals surface area contributed by atoms with Gasteiger partial charge in [-0.25, -0.2) is 0 Å². The van der Waals surface area contributed by atoms with Crippen molar-refractivity contribution < 1.29 is 27.8 Å². The molecule has 8 heteroatoms. The van der Waals surface area contributed by atoms with E-state index in [9.17, 15) is 23.1 Å². The summed E-state index contributed by atoms with van der Waals surface area (Å²) in [6, 6.07) is 7.94. The van der Waals surface area contributed by atoms with Crippen molar-refractivity contribution in [3.05, 3.63) is 35.9 Å². The molecular formula is C20H31F3N2O3. The van der Waals surface area contributed by atoms with Crippen molar-refractivity contribution in [2.75, 3.05) is 13.1 Å². The second kappa shape index (κ2) is 11.4. The van der Waals surface area contributed by atoms with Crippen LogP contribution in [0.15, 0.2) is 30.3 Å². The summed E-state index contributed by atoms with van der Waals surface area (Å²) >= 11 is 0. The van der Waals surface area contributed by atoms with E-state index in [1.54, 1.807) is 30.3 Å². The molecule has 1 aromatic carbocycles. The summed E-state index contributed by atoms with van der Waals surface area (Å²) in [7, 11) is 0. The van der Waals surface area contributed by atoms with E-state index < -0.39 is 30.0 Å². The van der Waals surface area contributed by atoms with Gasteiger partial charge in [0.25, 0.3) is 0 Å². The molecule has 5 nitrogen and oxygen atoms in total. The van der Waals surface area contributed by atoms with Crippen LogP contribution in [0.3, 0.4) is 0 Å². The molecule has 0 heterocycles. The largest absolute Gasteiger partial charge is 0.471 e. The average molecular weight is 404 g/mol. The van der Waals surface area contributed by atoms with Gasteiger partial charge in [-0.15, -0.1) is 0 Å². The number of amides is 1. The molecule has 0 fully saturated rings. The van der Waals surface area contributed by atoms with Gasteiger partial charge in [-0.3, -0.25) is 4.79 Å². The molecule has 28 heavy (non-hydrogen) atoms. The fraction of sp³-hybridized carbons (Fsp3) is 0.650. The molecule has 0 aliphatic carbocycles. The van der Waals surface area contributed by atoms with Crippen LogP contribution in [0.25, 0.3) is 0 Å². The summed E-state index contributed by atoms with van der Waals surface area (Å²) in [6.07, 6.45) is -3.31. The predicted octanol–water partition coefficient (Wildman–Crippen LogP) is 3.17. The predicted molar refractivity (Wildman–Crippen MR) is 102 cm³/mol. The first-order chi connectivity index (χ1) is 13.0. The SMILES string of the molecule is CCCCNCCC(OC(C)(C)O)C(Cc1ccccc1)NC(=O)C(F)(F)F. The lowest BCUT2D eigenvalue weighted by Crippen LogP contribution is -2.52. The molecule has 0 aromatic heterocycles. The van der Waals surface area contributed by atoms with Crippen LogP contribution < -0.4 is 10.6 Å². The van der Waals surface area contributed by atoms with E-state index in [1.165, 1.54) is 13.8 Å². The number of carbonyl (C=O) groups excluding carboxylic acids is 1. The Labute approximate surface area is 164 Å². The Morgan fingerprint density at radius 2 is 1.82 bits per heavy atom. The topological polar surface area (TPSA) is 70.6 Å². The van der Waals surface area contributed by atoms with E-state index in [4.69, 9.17) is 4.74 Å². The fourth-order valence-electron chi connectivity index (χ4n) is 2.78. The van der Waals surface area contributed by atoms with Gasteiger partial charge in [-0.05, 0) is 51.8 Å². The maximum atomic E-state index is 12.8. The number of unbranched alkanes of at least 4 members (excludes halogenated alkanes) is 1. The molecule has 3 N–H and O–H groups in total. The zero-order valence-electron chi connectivity index (χ0n) is 16.7. The highest BCUT2D eigenvalue weighted by Crippen LogP contribution is 2.20. The summed E-state index contributed by atoms with van der Waals surface area (Å²) in [4.78, 5) is 11.6. The van der Waals surface area contributed by atoms with Crippen molar-refractivity contribution in [2.45, 2.75) is 70.6 Å². The summed E-state index contributed by atoms with van der Waals surface area (Å²) < 4.78 is 44.1. The van der Waals surface area contributed by atoms with Crippen LogP contribution in [-0.4, -0.2) is 48.2 Å². The lowest BCUT2D eigenvalue weighted by molar-refractivity contribution is -0.214. The lowest BCUT2D eigenvalue weighted by atomic mass is 9.98. The first-order valence-electron chi connectivity index (χ1n) is 9.55. The minimum atomic E-state index is -4.99. The molecule has 0 aliphatic heterocycles. The Hall–Kier alpha value is -1.64. The van der Waals surface area contributed by atoms with Gasteiger partial charge in [0.2, 0.25) is 0 Å². The summed E-state index contributed by atoms with van der Waals surface area (Å²) in [5.41, 5.74) is 0.762. The van der Waals surface area contributed by atoms with Gasteiger partial charge < -0.3 is 20.5 Å². The molecule has 0 saturated carbocycles. The molecule has 1 aromatic rings. The molecule has 0 aliphatic rings. The zero-order chi connectivity index (χ0) is 21.2. The normalized spacial score (nSPS) is 14.5. The zero-order valence-corrected chi connectivity index (χ0v) is 16.7. The third kappa shape index (κ3) is 10.1. The molecule has 0 bridgehead atoms. The summed E-state index contributed by atoms with van der Waals surface area (Å²) in [6.45, 7) is 6.16. The Morgan fingerprint density at radius 1 is 1.18 bits per heavy atom. The highest BCUT2D eigenvalue weighted by atomic mass is 19.4. The number of ether oxygens (including phenoxy) is 1. The van der Waals surface area contributed by atoms with E-state index in [1.807, 2.05) is 0 Å². The highest BCUT2D eigenvalue weighted by molar-refractivity contribution is 5.82. The molecule has 1 amide bonds. The monoisotopic (exact) mass is 404 g/mol. The molecule has 2 unspecified atom stereocenters. The maximum absolute atomic E-state index is 12.8. The highest BCUT2D eigenvalue weighted by Gasteiger charge is 2.41. The van der Waals surface area contributed by atoms with Crippen molar-refractivity contribution in [1.29, 1.82) is 0 Å². The van der Waals surface area contributed by atoms with Gasteiger partial charge in [-0.1, -0.05) is 43.7 Å². The number of aliphatic hydroxyl groups is 1. The van der Waals surface area contributed by atoms with Crippen LogP contribution >= 0.6 is 0 Å². The third-order valence-electron chi connectivity index (χ3n) is 4.07. The average Bonchev–Trinajstić information content (AvgIpc) is 2.59. The Morgan fingerprint density at radius 3 is 2.36 bits per heavy atom. The third-order valence-corrected chi connectivity index (χ3v) is 4.07. The van der Waals surface area contributed by atoms with Crippen LogP contribution in [0.4, 0.5) is 13.2 Å². The fourth-order valence-corrected chi connectivity index (χ4v) is 2.78. The maximum Gasteiger partial charge on any atom is 0.471 e. The number of benzene rings is 1. The standard InChI is InChI=1S/C20H31F3N2O3/c1-4-5-12-24-13-11-17(28-19(2,3)27)16(25-18(26)20(21,22)23)14-15-9-7-6-8-10-15/h6-10,16-17,24,27H,4-5,11-14H2,1-3H3,(H,25,26). The Balaban J connectivity index is 2.96. The van der Waals surface area contributed by atoms with Crippen LogP contribution in [0, 0.1) is 0 Å². The van der Waals surface area contributed by atoms with Gasteiger partial charge in [0.05, 0.1) is 12.1 Å². The van der Waals surface area contributed by atoms with Gasteiger partial charge in [0.15, 0.2) is 5.79 Å². The first-order valence-corrected chi connectivity index (χ1v) is 9.55. The van der Waals surface area contributed by atoms with E-state index in [0.29, 0.717) is 13.0 Å². The van der Waals surface area contributed by atoms with Crippen molar-refractivity contribution in [2.24, 2.45) is 0 Å². The molecule has 1 rings (SSSR count).